The third-order valence-corrected chi connectivity index (χ3v) is 5.47. The highest BCUT2D eigenvalue weighted by molar-refractivity contribution is 7.89. The standard InChI is InChI=1S/C18H19ClN2O5S/c1-12-6-8-14(9-7-12)27(24,25)20-10-18(23)26-11-17(22)21-16-5-3-4-15(19)13(16)2/h3-9,20H,10-11H2,1-2H3,(H,21,22). The Labute approximate surface area is 162 Å². The monoisotopic (exact) mass is 410 g/mol. The molecule has 0 aliphatic heterocycles. The summed E-state index contributed by atoms with van der Waals surface area (Å²) in [7, 11) is -3.84. The number of nitrogens with one attached hydrogen (secondary N) is 2. The van der Waals surface area contributed by atoms with Crippen LogP contribution >= 0.6 is 11.6 Å². The molecular formula is C18H19ClN2O5S. The minimum Gasteiger partial charge on any atom is -0.455 e. The third kappa shape index (κ3) is 6.06. The highest BCUT2D eigenvalue weighted by atomic mass is 35.5. The molecule has 0 aliphatic carbocycles. The van der Waals surface area contributed by atoms with Gasteiger partial charge in [0.25, 0.3) is 5.91 Å². The van der Waals surface area contributed by atoms with E-state index in [1.165, 1.54) is 12.1 Å². The maximum absolute atomic E-state index is 12.1. The molecule has 0 fully saturated rings. The normalized spacial score (nSPS) is 11.1. The zero-order valence-electron chi connectivity index (χ0n) is 14.8. The molecule has 144 valence electrons. The second-order valence-corrected chi connectivity index (χ2v) is 7.93. The number of rotatable bonds is 7. The number of hydrogen-bond acceptors (Lipinski definition) is 5. The molecule has 2 aromatic rings. The molecule has 2 N–H and O–H groups in total. The Hall–Kier alpha value is -2.42. The molecule has 27 heavy (non-hydrogen) atoms. The van der Waals surface area contributed by atoms with E-state index < -0.39 is 35.1 Å². The summed E-state index contributed by atoms with van der Waals surface area (Å²) in [6.45, 7) is 2.44. The highest BCUT2D eigenvalue weighted by Gasteiger charge is 2.16. The van der Waals surface area contributed by atoms with Gasteiger partial charge in [0.2, 0.25) is 10.0 Å². The van der Waals surface area contributed by atoms with Gasteiger partial charge in [-0.3, -0.25) is 9.59 Å². The fraction of sp³-hybridized carbons (Fsp3) is 0.222. The zero-order valence-corrected chi connectivity index (χ0v) is 16.4. The predicted molar refractivity (Wildman–Crippen MR) is 102 cm³/mol. The van der Waals surface area contributed by atoms with Crippen LogP contribution in [-0.2, 0) is 24.3 Å². The number of sulfonamides is 1. The molecule has 0 aromatic heterocycles. The van der Waals surface area contributed by atoms with Gasteiger partial charge in [-0.15, -0.1) is 0 Å². The van der Waals surface area contributed by atoms with E-state index >= 15 is 0 Å². The van der Waals surface area contributed by atoms with Crippen molar-refractivity contribution in [1.82, 2.24) is 4.72 Å². The molecule has 0 radical (unpaired) electrons. The van der Waals surface area contributed by atoms with Gasteiger partial charge in [0.05, 0.1) is 4.90 Å². The Morgan fingerprint density at radius 2 is 1.74 bits per heavy atom. The van der Waals surface area contributed by atoms with Gasteiger partial charge < -0.3 is 10.1 Å². The van der Waals surface area contributed by atoms with Crippen LogP contribution < -0.4 is 10.0 Å². The number of carbonyl (C=O) groups is 2. The summed E-state index contributed by atoms with van der Waals surface area (Å²) in [5.41, 5.74) is 2.10. The number of anilines is 1. The maximum Gasteiger partial charge on any atom is 0.321 e. The van der Waals surface area contributed by atoms with E-state index in [0.29, 0.717) is 16.3 Å². The lowest BCUT2D eigenvalue weighted by atomic mass is 10.2. The lowest BCUT2D eigenvalue weighted by Gasteiger charge is -2.10. The van der Waals surface area contributed by atoms with E-state index in [4.69, 9.17) is 16.3 Å². The molecule has 0 spiro atoms. The minimum absolute atomic E-state index is 0.0371. The van der Waals surface area contributed by atoms with Gasteiger partial charge >= 0.3 is 5.97 Å². The second kappa shape index (κ2) is 8.98. The Morgan fingerprint density at radius 3 is 2.41 bits per heavy atom. The molecule has 0 saturated carbocycles. The van der Waals surface area contributed by atoms with Crippen molar-refractivity contribution in [3.05, 3.63) is 58.6 Å². The molecule has 9 heteroatoms. The Balaban J connectivity index is 1.82. The number of amides is 1. The second-order valence-electron chi connectivity index (χ2n) is 5.76. The number of ether oxygens (including phenoxy) is 1. The first-order valence-electron chi connectivity index (χ1n) is 7.96. The van der Waals surface area contributed by atoms with Crippen LogP contribution in [0.25, 0.3) is 0 Å². The summed E-state index contributed by atoms with van der Waals surface area (Å²) in [5, 5.41) is 3.07. The van der Waals surface area contributed by atoms with Gasteiger partial charge in [0.1, 0.15) is 6.54 Å². The number of halogens is 1. The molecule has 0 heterocycles. The van der Waals surface area contributed by atoms with Gasteiger partial charge in [-0.2, -0.15) is 4.72 Å². The third-order valence-electron chi connectivity index (χ3n) is 3.64. The van der Waals surface area contributed by atoms with Crippen molar-refractivity contribution >= 4 is 39.2 Å². The van der Waals surface area contributed by atoms with E-state index in [-0.39, 0.29) is 4.90 Å². The molecule has 1 amide bonds. The van der Waals surface area contributed by atoms with Gasteiger partial charge in [0, 0.05) is 10.7 Å². The number of benzene rings is 2. The summed E-state index contributed by atoms with van der Waals surface area (Å²) >= 11 is 5.97. The van der Waals surface area contributed by atoms with Crippen molar-refractivity contribution in [2.75, 3.05) is 18.5 Å². The Bertz CT molecular complexity index is 943. The largest absolute Gasteiger partial charge is 0.455 e. The quantitative estimate of drug-likeness (QED) is 0.682. The molecule has 7 nitrogen and oxygen atoms in total. The van der Waals surface area contributed by atoms with Crippen molar-refractivity contribution in [3.8, 4) is 0 Å². The summed E-state index contributed by atoms with van der Waals surface area (Å²) in [4.78, 5) is 23.6. The lowest BCUT2D eigenvalue weighted by Crippen LogP contribution is -2.32. The van der Waals surface area contributed by atoms with Crippen molar-refractivity contribution in [1.29, 1.82) is 0 Å². The van der Waals surface area contributed by atoms with Crippen molar-refractivity contribution in [3.63, 3.8) is 0 Å². The highest BCUT2D eigenvalue weighted by Crippen LogP contribution is 2.22. The van der Waals surface area contributed by atoms with E-state index in [2.05, 4.69) is 10.0 Å². The topological polar surface area (TPSA) is 102 Å². The van der Waals surface area contributed by atoms with Crippen LogP contribution in [0.2, 0.25) is 5.02 Å². The molecule has 0 aliphatic rings. The molecule has 2 aromatic carbocycles. The molecule has 0 unspecified atom stereocenters. The van der Waals surface area contributed by atoms with E-state index in [1.807, 2.05) is 6.92 Å². The average molecular weight is 411 g/mol. The molecule has 0 bridgehead atoms. The first kappa shape index (κ1) is 20.9. The smallest absolute Gasteiger partial charge is 0.321 e. The zero-order chi connectivity index (χ0) is 20.0. The molecule has 0 atom stereocenters. The van der Waals surface area contributed by atoms with E-state index in [1.54, 1.807) is 37.3 Å². The number of aryl methyl sites for hydroxylation is 1. The number of carbonyl (C=O) groups excluding carboxylic acids is 2. The summed E-state index contributed by atoms with van der Waals surface area (Å²) in [6.07, 6.45) is 0. The van der Waals surface area contributed by atoms with Crippen LogP contribution in [0.5, 0.6) is 0 Å². The fourth-order valence-electron chi connectivity index (χ4n) is 2.08. The first-order valence-corrected chi connectivity index (χ1v) is 9.82. The van der Waals surface area contributed by atoms with Crippen LogP contribution in [0.15, 0.2) is 47.4 Å². The number of hydrogen-bond donors (Lipinski definition) is 2. The van der Waals surface area contributed by atoms with Crippen molar-refractivity contribution < 1.29 is 22.7 Å². The predicted octanol–water partition coefficient (Wildman–Crippen LogP) is 2.42. The average Bonchev–Trinajstić information content (AvgIpc) is 2.62. The molecule has 0 saturated heterocycles. The van der Waals surface area contributed by atoms with Crippen molar-refractivity contribution in [2.45, 2.75) is 18.7 Å². The fourth-order valence-corrected chi connectivity index (χ4v) is 3.22. The Morgan fingerprint density at radius 1 is 1.07 bits per heavy atom. The van der Waals surface area contributed by atoms with E-state index in [0.717, 1.165) is 5.56 Å². The maximum atomic E-state index is 12.1. The van der Waals surface area contributed by atoms with Crippen LogP contribution in [0.4, 0.5) is 5.69 Å². The minimum atomic E-state index is -3.84. The van der Waals surface area contributed by atoms with Gasteiger partial charge in [-0.05, 0) is 43.7 Å². The number of esters is 1. The van der Waals surface area contributed by atoms with Gasteiger partial charge in [-0.1, -0.05) is 35.4 Å². The van der Waals surface area contributed by atoms with Crippen LogP contribution in [0.3, 0.4) is 0 Å². The summed E-state index contributed by atoms with van der Waals surface area (Å²) in [6, 6.07) is 11.2. The van der Waals surface area contributed by atoms with E-state index in [9.17, 15) is 18.0 Å². The Kier molecular flexibility index (Phi) is 6.95. The summed E-state index contributed by atoms with van der Waals surface area (Å²) in [5.74, 6) is -1.43. The molecular weight excluding hydrogens is 392 g/mol. The van der Waals surface area contributed by atoms with Crippen LogP contribution in [0.1, 0.15) is 11.1 Å². The lowest BCUT2D eigenvalue weighted by molar-refractivity contribution is -0.146. The SMILES string of the molecule is Cc1ccc(S(=O)(=O)NCC(=O)OCC(=O)Nc2cccc(Cl)c2C)cc1. The summed E-state index contributed by atoms with van der Waals surface area (Å²) < 4.78 is 31.1. The van der Waals surface area contributed by atoms with Crippen LogP contribution in [0, 0.1) is 13.8 Å². The first-order chi connectivity index (χ1) is 12.7. The van der Waals surface area contributed by atoms with Gasteiger partial charge in [0.15, 0.2) is 6.61 Å². The molecule has 2 rings (SSSR count). The van der Waals surface area contributed by atoms with Gasteiger partial charge in [-0.25, -0.2) is 8.42 Å². The van der Waals surface area contributed by atoms with Crippen molar-refractivity contribution in [2.24, 2.45) is 0 Å². The van der Waals surface area contributed by atoms with Crippen LogP contribution in [-0.4, -0.2) is 33.4 Å².